The van der Waals surface area contributed by atoms with Crippen LogP contribution in [0.25, 0.3) is 0 Å². The highest BCUT2D eigenvalue weighted by Crippen LogP contribution is 2.19. The lowest BCUT2D eigenvalue weighted by atomic mass is 10.1. The summed E-state index contributed by atoms with van der Waals surface area (Å²) in [6.07, 6.45) is 0. The van der Waals surface area contributed by atoms with Gasteiger partial charge in [0.2, 0.25) is 5.88 Å². The van der Waals surface area contributed by atoms with Crippen LogP contribution in [0.15, 0.2) is 28.8 Å². The van der Waals surface area contributed by atoms with Crippen molar-refractivity contribution in [2.24, 2.45) is 0 Å². The molecule has 6 heteroatoms. The van der Waals surface area contributed by atoms with Crippen LogP contribution >= 0.6 is 0 Å². The second kappa shape index (κ2) is 5.17. The maximum atomic E-state index is 13.4. The van der Waals surface area contributed by atoms with Crippen molar-refractivity contribution in [1.29, 1.82) is 0 Å². The maximum Gasteiger partial charge on any atom is 0.261 e. The summed E-state index contributed by atoms with van der Waals surface area (Å²) >= 11 is 0. The van der Waals surface area contributed by atoms with Gasteiger partial charge in [-0.2, -0.15) is 0 Å². The Balaban J connectivity index is 2.18. The summed E-state index contributed by atoms with van der Waals surface area (Å²) in [5.41, 5.74) is 0.275. The number of nitrogens with one attached hydrogen (secondary N) is 1. The zero-order valence-electron chi connectivity index (χ0n) is 10.4. The van der Waals surface area contributed by atoms with Crippen molar-refractivity contribution in [3.63, 3.8) is 0 Å². The van der Waals surface area contributed by atoms with Crippen molar-refractivity contribution in [1.82, 2.24) is 5.16 Å². The second-order valence-electron chi connectivity index (χ2n) is 4.33. The van der Waals surface area contributed by atoms with Gasteiger partial charge in [0.15, 0.2) is 11.6 Å². The number of anilines is 1. The Morgan fingerprint density at radius 3 is 2.74 bits per heavy atom. The molecule has 0 spiro atoms. The van der Waals surface area contributed by atoms with Gasteiger partial charge in [-0.15, -0.1) is 0 Å². The summed E-state index contributed by atoms with van der Waals surface area (Å²) in [5.74, 6) is -2.82. The van der Waals surface area contributed by atoms with Crippen molar-refractivity contribution in [2.75, 3.05) is 5.32 Å². The van der Waals surface area contributed by atoms with Crippen LogP contribution in [-0.4, -0.2) is 11.1 Å². The Morgan fingerprint density at radius 2 is 2.11 bits per heavy atom. The predicted octanol–water partition coefficient (Wildman–Crippen LogP) is 3.33. The van der Waals surface area contributed by atoms with Gasteiger partial charge >= 0.3 is 0 Å². The average Bonchev–Trinajstić information content (AvgIpc) is 2.81. The molecule has 0 atom stereocenters. The van der Waals surface area contributed by atoms with E-state index in [0.29, 0.717) is 5.69 Å². The van der Waals surface area contributed by atoms with E-state index in [1.165, 1.54) is 12.1 Å². The molecule has 1 aromatic heterocycles. The van der Waals surface area contributed by atoms with Crippen LogP contribution in [-0.2, 0) is 0 Å². The maximum absolute atomic E-state index is 13.4. The number of nitrogens with zero attached hydrogens (tertiary/aromatic N) is 1. The standard InChI is InChI=1S/C13H12F2N2O2/c1-7(2)10-6-11(19-17-10)16-13(18)8-4-3-5-9(14)12(8)15/h3-7H,1-2H3,(H,16,18). The summed E-state index contributed by atoms with van der Waals surface area (Å²) in [6, 6.07) is 4.93. The minimum atomic E-state index is -1.19. The molecule has 100 valence electrons. The van der Waals surface area contributed by atoms with Crippen molar-refractivity contribution < 1.29 is 18.1 Å². The SMILES string of the molecule is CC(C)c1cc(NC(=O)c2cccc(F)c2F)on1. The predicted molar refractivity (Wildman–Crippen MR) is 64.9 cm³/mol. The third kappa shape index (κ3) is 2.78. The molecule has 0 aliphatic carbocycles. The molecule has 4 nitrogen and oxygen atoms in total. The third-order valence-electron chi connectivity index (χ3n) is 2.55. The van der Waals surface area contributed by atoms with Gasteiger partial charge in [-0.05, 0) is 18.1 Å². The molecule has 2 rings (SSSR count). The van der Waals surface area contributed by atoms with Crippen molar-refractivity contribution in [3.05, 3.63) is 47.2 Å². The molecule has 1 N–H and O–H groups in total. The van der Waals surface area contributed by atoms with E-state index in [0.717, 1.165) is 6.07 Å². The Morgan fingerprint density at radius 1 is 1.37 bits per heavy atom. The normalized spacial score (nSPS) is 10.8. The third-order valence-corrected chi connectivity index (χ3v) is 2.55. The van der Waals surface area contributed by atoms with E-state index in [1.54, 1.807) is 6.07 Å². The lowest BCUT2D eigenvalue weighted by Gasteiger charge is -2.02. The fourth-order valence-corrected chi connectivity index (χ4v) is 1.48. The highest BCUT2D eigenvalue weighted by molar-refractivity contribution is 6.03. The summed E-state index contributed by atoms with van der Waals surface area (Å²) < 4.78 is 31.3. The number of benzene rings is 1. The van der Waals surface area contributed by atoms with Gasteiger partial charge in [0.1, 0.15) is 0 Å². The smallest absolute Gasteiger partial charge is 0.261 e. The van der Waals surface area contributed by atoms with Crippen LogP contribution in [0.2, 0.25) is 0 Å². The quantitative estimate of drug-likeness (QED) is 0.927. The van der Waals surface area contributed by atoms with Gasteiger partial charge in [-0.3, -0.25) is 10.1 Å². The van der Waals surface area contributed by atoms with E-state index in [-0.39, 0.29) is 17.4 Å². The fraction of sp³-hybridized carbons (Fsp3) is 0.231. The molecule has 1 aromatic carbocycles. The summed E-state index contributed by atoms with van der Waals surface area (Å²) in [7, 11) is 0. The van der Waals surface area contributed by atoms with Gasteiger partial charge in [0.25, 0.3) is 5.91 Å². The minimum absolute atomic E-state index is 0.0948. The summed E-state index contributed by atoms with van der Waals surface area (Å²) in [5, 5.41) is 6.07. The van der Waals surface area contributed by atoms with Crippen LogP contribution in [0.4, 0.5) is 14.7 Å². The fourth-order valence-electron chi connectivity index (χ4n) is 1.48. The van der Waals surface area contributed by atoms with E-state index >= 15 is 0 Å². The van der Waals surface area contributed by atoms with E-state index in [2.05, 4.69) is 10.5 Å². The van der Waals surface area contributed by atoms with E-state index in [1.807, 2.05) is 13.8 Å². The molecule has 0 fully saturated rings. The van der Waals surface area contributed by atoms with Crippen LogP contribution in [0, 0.1) is 11.6 Å². The van der Waals surface area contributed by atoms with Crippen LogP contribution in [0.3, 0.4) is 0 Å². The highest BCUT2D eigenvalue weighted by atomic mass is 19.2. The summed E-state index contributed by atoms with van der Waals surface area (Å²) in [6.45, 7) is 3.82. The average molecular weight is 266 g/mol. The minimum Gasteiger partial charge on any atom is -0.338 e. The molecule has 0 bridgehead atoms. The molecular formula is C13H12F2N2O2. The first kappa shape index (κ1) is 13.2. The first-order valence-corrected chi connectivity index (χ1v) is 5.71. The van der Waals surface area contributed by atoms with Crippen LogP contribution in [0.5, 0.6) is 0 Å². The van der Waals surface area contributed by atoms with Crippen molar-refractivity contribution in [2.45, 2.75) is 19.8 Å². The number of carbonyl (C=O) groups is 1. The lowest BCUT2D eigenvalue weighted by molar-refractivity contribution is 0.101. The molecular weight excluding hydrogens is 254 g/mol. The first-order chi connectivity index (χ1) is 8.99. The van der Waals surface area contributed by atoms with Gasteiger partial charge in [-0.1, -0.05) is 25.1 Å². The Hall–Kier alpha value is -2.24. The Bertz CT molecular complexity index is 608. The first-order valence-electron chi connectivity index (χ1n) is 5.71. The lowest BCUT2D eigenvalue weighted by Crippen LogP contribution is -2.14. The Labute approximate surface area is 108 Å². The zero-order chi connectivity index (χ0) is 14.0. The van der Waals surface area contributed by atoms with Crippen molar-refractivity contribution >= 4 is 11.8 Å². The number of rotatable bonds is 3. The van der Waals surface area contributed by atoms with Gasteiger partial charge in [0, 0.05) is 6.07 Å². The molecule has 0 saturated heterocycles. The molecule has 0 radical (unpaired) electrons. The number of hydrogen-bond acceptors (Lipinski definition) is 3. The Kier molecular flexibility index (Phi) is 3.59. The van der Waals surface area contributed by atoms with Gasteiger partial charge in [-0.25, -0.2) is 8.78 Å². The van der Waals surface area contributed by atoms with E-state index in [4.69, 9.17) is 4.52 Å². The van der Waals surface area contributed by atoms with E-state index in [9.17, 15) is 13.6 Å². The molecule has 19 heavy (non-hydrogen) atoms. The largest absolute Gasteiger partial charge is 0.338 e. The summed E-state index contributed by atoms with van der Waals surface area (Å²) in [4.78, 5) is 11.8. The molecule has 0 saturated carbocycles. The van der Waals surface area contributed by atoms with Gasteiger partial charge < -0.3 is 4.52 Å². The zero-order valence-corrected chi connectivity index (χ0v) is 10.4. The van der Waals surface area contributed by atoms with E-state index < -0.39 is 17.5 Å². The molecule has 0 aliphatic heterocycles. The topological polar surface area (TPSA) is 55.1 Å². The molecule has 1 heterocycles. The molecule has 0 aliphatic rings. The monoisotopic (exact) mass is 266 g/mol. The molecule has 0 unspecified atom stereocenters. The van der Waals surface area contributed by atoms with Crippen LogP contribution in [0.1, 0.15) is 35.8 Å². The number of halogens is 2. The number of aromatic nitrogens is 1. The number of amides is 1. The highest BCUT2D eigenvalue weighted by Gasteiger charge is 2.17. The van der Waals surface area contributed by atoms with Crippen molar-refractivity contribution in [3.8, 4) is 0 Å². The van der Waals surface area contributed by atoms with Gasteiger partial charge in [0.05, 0.1) is 11.3 Å². The molecule has 2 aromatic rings. The molecule has 1 amide bonds. The van der Waals surface area contributed by atoms with Crippen LogP contribution < -0.4 is 5.32 Å². The number of carbonyl (C=O) groups excluding carboxylic acids is 1. The second-order valence-corrected chi connectivity index (χ2v) is 4.33. The number of hydrogen-bond donors (Lipinski definition) is 1.